The monoisotopic (exact) mass is 352 g/mol. The Kier molecular flexibility index (Phi) is 3.88. The second-order valence-electron chi connectivity index (χ2n) is 5.86. The Bertz CT molecular complexity index is 1010. The van der Waals surface area contributed by atoms with Gasteiger partial charge in [0.05, 0.1) is 50.6 Å². The number of aromatic nitrogens is 2. The van der Waals surface area contributed by atoms with Crippen LogP contribution in [0.5, 0.6) is 23.0 Å². The molecule has 0 saturated heterocycles. The predicted molar refractivity (Wildman–Crippen MR) is 102 cm³/mol. The van der Waals surface area contributed by atoms with Crippen molar-refractivity contribution in [3.63, 3.8) is 0 Å². The average molecular weight is 352 g/mol. The molecule has 4 rings (SSSR count). The summed E-state index contributed by atoms with van der Waals surface area (Å²) in [5, 5.41) is 2.03. The smallest absolute Gasteiger partial charge is 0.170 e. The summed E-state index contributed by atoms with van der Waals surface area (Å²) in [6.45, 7) is 0. The van der Waals surface area contributed by atoms with Crippen LogP contribution in [0.25, 0.3) is 32.9 Å². The summed E-state index contributed by atoms with van der Waals surface area (Å²) in [7, 11) is 6.53. The number of H-pyrrole nitrogens is 2. The highest BCUT2D eigenvalue weighted by Crippen LogP contribution is 2.51. The Morgan fingerprint density at radius 3 is 1.38 bits per heavy atom. The van der Waals surface area contributed by atoms with Gasteiger partial charge in [0, 0.05) is 23.2 Å². The van der Waals surface area contributed by atoms with Crippen LogP contribution >= 0.6 is 0 Å². The zero-order valence-electron chi connectivity index (χ0n) is 15.1. The summed E-state index contributed by atoms with van der Waals surface area (Å²) in [6.07, 6.45) is 3.79. The van der Waals surface area contributed by atoms with Gasteiger partial charge in [0.25, 0.3) is 0 Å². The molecule has 0 radical (unpaired) electrons. The summed E-state index contributed by atoms with van der Waals surface area (Å²) in [5.74, 6) is 2.56. The molecular weight excluding hydrogens is 332 g/mol. The van der Waals surface area contributed by atoms with Crippen molar-refractivity contribution in [2.24, 2.45) is 0 Å². The molecule has 6 nitrogen and oxygen atoms in total. The zero-order chi connectivity index (χ0) is 18.3. The molecule has 0 aliphatic carbocycles. The highest BCUT2D eigenvalue weighted by molar-refractivity contribution is 6.09. The summed E-state index contributed by atoms with van der Waals surface area (Å²) in [6, 6.07) is 7.90. The van der Waals surface area contributed by atoms with Crippen molar-refractivity contribution in [2.45, 2.75) is 0 Å². The Balaban J connectivity index is 2.23. The zero-order valence-corrected chi connectivity index (χ0v) is 15.1. The van der Waals surface area contributed by atoms with Gasteiger partial charge in [0.2, 0.25) is 0 Å². The standard InChI is InChI=1S/C20H20N2O4/c1-23-13-9-11-5-7-21-17(11)15(19(13)25-3)16-18-12(6-8-22-18)10-14(24-2)20(16)26-4/h5-10,21-22H,1-4H3. The first-order chi connectivity index (χ1) is 12.7. The van der Waals surface area contributed by atoms with Crippen LogP contribution in [-0.2, 0) is 0 Å². The van der Waals surface area contributed by atoms with Gasteiger partial charge in [0.15, 0.2) is 23.0 Å². The van der Waals surface area contributed by atoms with E-state index in [4.69, 9.17) is 18.9 Å². The van der Waals surface area contributed by atoms with E-state index in [-0.39, 0.29) is 0 Å². The number of fused-ring (bicyclic) bond motifs is 2. The number of hydrogen-bond acceptors (Lipinski definition) is 4. The second kappa shape index (κ2) is 6.22. The van der Waals surface area contributed by atoms with E-state index in [1.165, 1.54) is 0 Å². The minimum absolute atomic E-state index is 0.630. The normalized spacial score (nSPS) is 11.1. The van der Waals surface area contributed by atoms with E-state index in [0.29, 0.717) is 23.0 Å². The number of rotatable bonds is 5. The third kappa shape index (κ3) is 2.19. The maximum Gasteiger partial charge on any atom is 0.170 e. The van der Waals surface area contributed by atoms with Crippen molar-refractivity contribution in [3.05, 3.63) is 36.7 Å². The van der Waals surface area contributed by atoms with Gasteiger partial charge < -0.3 is 28.9 Å². The summed E-state index contributed by atoms with van der Waals surface area (Å²) in [4.78, 5) is 6.63. The molecule has 2 heterocycles. The lowest BCUT2D eigenvalue weighted by Crippen LogP contribution is -1.99. The van der Waals surface area contributed by atoms with Crippen LogP contribution in [0.2, 0.25) is 0 Å². The highest BCUT2D eigenvalue weighted by Gasteiger charge is 2.25. The molecule has 134 valence electrons. The number of benzene rings is 2. The van der Waals surface area contributed by atoms with Crippen LogP contribution in [0.4, 0.5) is 0 Å². The molecule has 2 N–H and O–H groups in total. The number of aromatic amines is 2. The predicted octanol–water partition coefficient (Wildman–Crippen LogP) is 4.35. The molecule has 6 heteroatoms. The quantitative estimate of drug-likeness (QED) is 0.560. The van der Waals surface area contributed by atoms with Gasteiger partial charge in [-0.1, -0.05) is 0 Å². The molecule has 0 saturated carbocycles. The fraction of sp³-hybridized carbons (Fsp3) is 0.200. The van der Waals surface area contributed by atoms with Crippen molar-refractivity contribution in [1.82, 2.24) is 9.97 Å². The van der Waals surface area contributed by atoms with E-state index in [9.17, 15) is 0 Å². The molecule has 0 aliphatic heterocycles. The van der Waals surface area contributed by atoms with Crippen molar-refractivity contribution in [2.75, 3.05) is 28.4 Å². The fourth-order valence-electron chi connectivity index (χ4n) is 3.51. The van der Waals surface area contributed by atoms with E-state index in [2.05, 4.69) is 9.97 Å². The molecule has 26 heavy (non-hydrogen) atoms. The minimum atomic E-state index is 0.630. The number of ether oxygens (including phenoxy) is 4. The molecule has 2 aromatic carbocycles. The van der Waals surface area contributed by atoms with Crippen LogP contribution in [0, 0.1) is 0 Å². The van der Waals surface area contributed by atoms with Crippen LogP contribution < -0.4 is 18.9 Å². The van der Waals surface area contributed by atoms with Gasteiger partial charge in [-0.25, -0.2) is 0 Å². The molecule has 0 spiro atoms. The van der Waals surface area contributed by atoms with Crippen LogP contribution in [0.1, 0.15) is 0 Å². The number of methoxy groups -OCH3 is 4. The van der Waals surface area contributed by atoms with Gasteiger partial charge in [-0.05, 0) is 24.3 Å². The van der Waals surface area contributed by atoms with E-state index >= 15 is 0 Å². The highest BCUT2D eigenvalue weighted by atomic mass is 16.5. The first-order valence-electron chi connectivity index (χ1n) is 8.18. The van der Waals surface area contributed by atoms with Gasteiger partial charge in [-0.15, -0.1) is 0 Å². The fourth-order valence-corrected chi connectivity index (χ4v) is 3.51. The summed E-state index contributed by atoms with van der Waals surface area (Å²) >= 11 is 0. The SMILES string of the molecule is COc1cc2cc[nH]c2c(-c2c(OC)c(OC)cc3cc[nH]c23)c1OC. The van der Waals surface area contributed by atoms with Crippen LogP contribution in [0.3, 0.4) is 0 Å². The van der Waals surface area contributed by atoms with E-state index < -0.39 is 0 Å². The van der Waals surface area contributed by atoms with Crippen molar-refractivity contribution >= 4 is 21.8 Å². The maximum atomic E-state index is 5.74. The molecule has 2 aromatic heterocycles. The molecule has 0 unspecified atom stereocenters. The molecule has 0 atom stereocenters. The van der Waals surface area contributed by atoms with E-state index in [0.717, 1.165) is 32.9 Å². The van der Waals surface area contributed by atoms with E-state index in [1.54, 1.807) is 28.4 Å². The molecule has 0 aliphatic rings. The number of nitrogens with one attached hydrogen (secondary N) is 2. The Morgan fingerprint density at radius 1 is 0.615 bits per heavy atom. The Labute approximate surface area is 150 Å². The Morgan fingerprint density at radius 2 is 1.04 bits per heavy atom. The van der Waals surface area contributed by atoms with Crippen LogP contribution in [0.15, 0.2) is 36.7 Å². The Hall–Kier alpha value is -3.28. The second-order valence-corrected chi connectivity index (χ2v) is 5.86. The first-order valence-corrected chi connectivity index (χ1v) is 8.18. The van der Waals surface area contributed by atoms with E-state index in [1.807, 2.05) is 36.7 Å². The van der Waals surface area contributed by atoms with Gasteiger partial charge in [0.1, 0.15) is 0 Å². The lowest BCUT2D eigenvalue weighted by Gasteiger charge is -2.19. The average Bonchev–Trinajstić information content (AvgIpc) is 3.33. The molecule has 0 bridgehead atoms. The minimum Gasteiger partial charge on any atom is -0.493 e. The summed E-state index contributed by atoms with van der Waals surface area (Å²) < 4.78 is 22.6. The van der Waals surface area contributed by atoms with Crippen LogP contribution in [-0.4, -0.2) is 38.4 Å². The molecule has 4 aromatic rings. The lowest BCUT2D eigenvalue weighted by molar-refractivity contribution is 0.353. The third-order valence-electron chi connectivity index (χ3n) is 4.63. The van der Waals surface area contributed by atoms with Gasteiger partial charge in [-0.3, -0.25) is 0 Å². The van der Waals surface area contributed by atoms with Gasteiger partial charge in [-0.2, -0.15) is 0 Å². The largest absolute Gasteiger partial charge is 0.493 e. The van der Waals surface area contributed by atoms with Gasteiger partial charge >= 0.3 is 0 Å². The molecule has 0 fully saturated rings. The maximum absolute atomic E-state index is 5.74. The summed E-state index contributed by atoms with van der Waals surface area (Å²) in [5.41, 5.74) is 3.58. The third-order valence-corrected chi connectivity index (χ3v) is 4.63. The molecular formula is C20H20N2O4. The lowest BCUT2D eigenvalue weighted by atomic mass is 9.97. The number of hydrogen-bond donors (Lipinski definition) is 2. The van der Waals surface area contributed by atoms with Crippen molar-refractivity contribution in [3.8, 4) is 34.1 Å². The molecule has 0 amide bonds. The first kappa shape index (κ1) is 16.2. The van der Waals surface area contributed by atoms with Crippen molar-refractivity contribution < 1.29 is 18.9 Å². The van der Waals surface area contributed by atoms with Crippen molar-refractivity contribution in [1.29, 1.82) is 0 Å². The topological polar surface area (TPSA) is 68.5 Å².